The highest BCUT2D eigenvalue weighted by molar-refractivity contribution is 6.08. The zero-order valence-electron chi connectivity index (χ0n) is 11.6. The van der Waals surface area contributed by atoms with Gasteiger partial charge in [-0.1, -0.05) is 12.1 Å². The van der Waals surface area contributed by atoms with E-state index < -0.39 is 17.8 Å². The van der Waals surface area contributed by atoms with Crippen molar-refractivity contribution in [1.82, 2.24) is 9.97 Å². The minimum Gasteiger partial charge on any atom is -0.321 e. The molecule has 2 aromatic heterocycles. The van der Waals surface area contributed by atoms with Crippen molar-refractivity contribution < 1.29 is 18.0 Å². The highest BCUT2D eigenvalue weighted by Gasteiger charge is 2.32. The van der Waals surface area contributed by atoms with Crippen molar-refractivity contribution in [2.24, 2.45) is 0 Å². The Kier molecular flexibility index (Phi) is 3.69. The van der Waals surface area contributed by atoms with Crippen LogP contribution in [0.5, 0.6) is 0 Å². The molecule has 116 valence electrons. The van der Waals surface area contributed by atoms with Gasteiger partial charge in [0.25, 0.3) is 5.91 Å². The van der Waals surface area contributed by atoms with E-state index in [0.29, 0.717) is 5.69 Å². The molecule has 0 aliphatic rings. The van der Waals surface area contributed by atoms with Gasteiger partial charge in [0.2, 0.25) is 0 Å². The molecular formula is C16H10F3N3O. The van der Waals surface area contributed by atoms with E-state index in [0.717, 1.165) is 29.1 Å². The molecule has 0 saturated carbocycles. The maximum atomic E-state index is 12.5. The van der Waals surface area contributed by atoms with Crippen LogP contribution in [0.25, 0.3) is 10.8 Å². The van der Waals surface area contributed by atoms with Crippen LogP contribution in [-0.4, -0.2) is 15.9 Å². The summed E-state index contributed by atoms with van der Waals surface area (Å²) in [5.74, 6) is -0.532. The molecule has 0 atom stereocenters. The van der Waals surface area contributed by atoms with Gasteiger partial charge < -0.3 is 5.32 Å². The Balaban J connectivity index is 1.86. The SMILES string of the molecule is O=C(Nc1cccc2cnccc12)c1ccc(C(F)(F)F)nc1. The maximum Gasteiger partial charge on any atom is 0.433 e. The smallest absolute Gasteiger partial charge is 0.321 e. The van der Waals surface area contributed by atoms with Crippen LogP contribution in [0.2, 0.25) is 0 Å². The van der Waals surface area contributed by atoms with Crippen molar-refractivity contribution in [2.75, 3.05) is 5.32 Å². The molecule has 2 heterocycles. The number of aromatic nitrogens is 2. The Bertz CT molecular complexity index is 855. The number of fused-ring (bicyclic) bond motifs is 1. The highest BCUT2D eigenvalue weighted by Crippen LogP contribution is 2.27. The summed E-state index contributed by atoms with van der Waals surface area (Å²) in [4.78, 5) is 19.4. The average molecular weight is 317 g/mol. The maximum absolute atomic E-state index is 12.5. The Hall–Kier alpha value is -2.96. The number of pyridine rings is 2. The average Bonchev–Trinajstić information content (AvgIpc) is 2.54. The molecule has 3 aromatic rings. The molecular weight excluding hydrogens is 307 g/mol. The second-order valence-electron chi connectivity index (χ2n) is 4.79. The van der Waals surface area contributed by atoms with Crippen LogP contribution >= 0.6 is 0 Å². The van der Waals surface area contributed by atoms with Crippen LogP contribution in [-0.2, 0) is 6.18 Å². The summed E-state index contributed by atoms with van der Waals surface area (Å²) in [6.07, 6.45) is -0.370. The van der Waals surface area contributed by atoms with Gasteiger partial charge in [-0.2, -0.15) is 13.2 Å². The lowest BCUT2D eigenvalue weighted by Gasteiger charge is -2.09. The van der Waals surface area contributed by atoms with E-state index in [2.05, 4.69) is 15.3 Å². The minimum atomic E-state index is -4.53. The van der Waals surface area contributed by atoms with Crippen molar-refractivity contribution >= 4 is 22.4 Å². The molecule has 0 bridgehead atoms. The number of rotatable bonds is 2. The fraction of sp³-hybridized carbons (Fsp3) is 0.0625. The quantitative estimate of drug-likeness (QED) is 0.780. The first-order chi connectivity index (χ1) is 10.9. The first-order valence-electron chi connectivity index (χ1n) is 6.62. The molecule has 23 heavy (non-hydrogen) atoms. The molecule has 0 unspecified atom stereocenters. The Morgan fingerprint density at radius 2 is 1.87 bits per heavy atom. The molecule has 0 saturated heterocycles. The Morgan fingerprint density at radius 1 is 1.04 bits per heavy atom. The molecule has 0 spiro atoms. The van der Waals surface area contributed by atoms with Gasteiger partial charge in [-0.15, -0.1) is 0 Å². The summed E-state index contributed by atoms with van der Waals surface area (Å²) in [7, 11) is 0. The second-order valence-corrected chi connectivity index (χ2v) is 4.79. The summed E-state index contributed by atoms with van der Waals surface area (Å²) >= 11 is 0. The molecule has 1 amide bonds. The number of carbonyl (C=O) groups excluding carboxylic acids is 1. The molecule has 1 N–H and O–H groups in total. The predicted molar refractivity (Wildman–Crippen MR) is 78.9 cm³/mol. The van der Waals surface area contributed by atoms with E-state index in [-0.39, 0.29) is 5.56 Å². The van der Waals surface area contributed by atoms with Crippen molar-refractivity contribution in [1.29, 1.82) is 0 Å². The summed E-state index contributed by atoms with van der Waals surface area (Å²) in [6, 6.07) is 8.93. The van der Waals surface area contributed by atoms with Gasteiger partial charge in [-0.3, -0.25) is 14.8 Å². The first kappa shape index (κ1) is 15.0. The van der Waals surface area contributed by atoms with E-state index in [1.807, 2.05) is 6.07 Å². The number of carbonyl (C=O) groups is 1. The second kappa shape index (κ2) is 5.68. The van der Waals surface area contributed by atoms with Crippen molar-refractivity contribution in [3.63, 3.8) is 0 Å². The Labute approximate surface area is 129 Å². The molecule has 1 aromatic carbocycles. The first-order valence-corrected chi connectivity index (χ1v) is 6.62. The minimum absolute atomic E-state index is 0.0454. The highest BCUT2D eigenvalue weighted by atomic mass is 19.4. The molecule has 0 aliphatic heterocycles. The normalized spacial score (nSPS) is 11.4. The van der Waals surface area contributed by atoms with Crippen LogP contribution in [0.15, 0.2) is 55.0 Å². The summed E-state index contributed by atoms with van der Waals surface area (Å²) < 4.78 is 37.4. The lowest BCUT2D eigenvalue weighted by molar-refractivity contribution is -0.141. The summed E-state index contributed by atoms with van der Waals surface area (Å²) in [5.41, 5.74) is -0.441. The van der Waals surface area contributed by atoms with E-state index in [4.69, 9.17) is 0 Å². The number of nitrogens with zero attached hydrogens (tertiary/aromatic N) is 2. The molecule has 0 aliphatic carbocycles. The fourth-order valence-corrected chi connectivity index (χ4v) is 2.12. The Morgan fingerprint density at radius 3 is 2.57 bits per heavy atom. The lowest BCUT2D eigenvalue weighted by Crippen LogP contribution is -2.14. The number of benzene rings is 1. The van der Waals surface area contributed by atoms with Gasteiger partial charge in [0.05, 0.1) is 5.56 Å². The summed E-state index contributed by atoms with van der Waals surface area (Å²) in [5, 5.41) is 4.30. The van der Waals surface area contributed by atoms with Gasteiger partial charge in [0.15, 0.2) is 0 Å². The van der Waals surface area contributed by atoms with Crippen molar-refractivity contribution in [3.05, 3.63) is 66.2 Å². The molecule has 0 fully saturated rings. The van der Waals surface area contributed by atoms with E-state index in [1.165, 1.54) is 0 Å². The number of nitrogens with one attached hydrogen (secondary N) is 1. The number of amides is 1. The summed E-state index contributed by atoms with van der Waals surface area (Å²) in [6.45, 7) is 0. The van der Waals surface area contributed by atoms with Crippen LogP contribution in [0.1, 0.15) is 16.1 Å². The van der Waals surface area contributed by atoms with Gasteiger partial charge in [-0.25, -0.2) is 0 Å². The largest absolute Gasteiger partial charge is 0.433 e. The number of hydrogen-bond donors (Lipinski definition) is 1. The zero-order valence-corrected chi connectivity index (χ0v) is 11.6. The number of halogens is 3. The van der Waals surface area contributed by atoms with Crippen molar-refractivity contribution in [2.45, 2.75) is 6.18 Å². The standard InChI is InChI=1S/C16H10F3N3O/c17-16(18,19)14-5-4-11(9-21-14)15(23)22-13-3-1-2-10-8-20-7-6-12(10)13/h1-9H,(H,22,23). The molecule has 0 radical (unpaired) electrons. The fourth-order valence-electron chi connectivity index (χ4n) is 2.12. The zero-order chi connectivity index (χ0) is 16.4. The third-order valence-electron chi connectivity index (χ3n) is 3.25. The number of anilines is 1. The third kappa shape index (κ3) is 3.13. The van der Waals surface area contributed by atoms with E-state index >= 15 is 0 Å². The monoisotopic (exact) mass is 317 g/mol. The predicted octanol–water partition coefficient (Wildman–Crippen LogP) is 3.90. The van der Waals surface area contributed by atoms with Crippen LogP contribution in [0.4, 0.5) is 18.9 Å². The number of alkyl halides is 3. The van der Waals surface area contributed by atoms with Gasteiger partial charge >= 0.3 is 6.18 Å². The van der Waals surface area contributed by atoms with Crippen LogP contribution < -0.4 is 5.32 Å². The van der Waals surface area contributed by atoms with Gasteiger partial charge in [-0.05, 0) is 24.3 Å². The van der Waals surface area contributed by atoms with Crippen molar-refractivity contribution in [3.8, 4) is 0 Å². The van der Waals surface area contributed by atoms with Crippen LogP contribution in [0, 0.1) is 0 Å². The van der Waals surface area contributed by atoms with Crippen LogP contribution in [0.3, 0.4) is 0 Å². The molecule has 4 nitrogen and oxygen atoms in total. The molecule has 3 rings (SSSR count). The third-order valence-corrected chi connectivity index (χ3v) is 3.25. The molecule has 7 heteroatoms. The van der Waals surface area contributed by atoms with Gasteiger partial charge in [0.1, 0.15) is 5.69 Å². The van der Waals surface area contributed by atoms with E-state index in [1.54, 1.807) is 30.6 Å². The van der Waals surface area contributed by atoms with Gasteiger partial charge in [0, 0.05) is 35.1 Å². The lowest BCUT2D eigenvalue weighted by atomic mass is 10.1. The topological polar surface area (TPSA) is 54.9 Å². The number of hydrogen-bond acceptors (Lipinski definition) is 3. The van der Waals surface area contributed by atoms with E-state index in [9.17, 15) is 18.0 Å².